The molecule has 2 N–H and O–H groups in total. The van der Waals surface area contributed by atoms with Gasteiger partial charge >= 0.3 is 0 Å². The Labute approximate surface area is 194 Å². The van der Waals surface area contributed by atoms with Gasteiger partial charge < -0.3 is 10.2 Å². The van der Waals surface area contributed by atoms with Crippen LogP contribution in [-0.2, 0) is 14.8 Å². The molecular formula is C23H28ClN3O4S. The molecule has 1 fully saturated rings. The number of sulfonamides is 1. The average Bonchev–Trinajstić information content (AvgIpc) is 2.72. The standard InChI is InChI=1S/C23H28ClN3O4S/c1-23(2,3)26-32(30,31)20-8-4-7-19(14-20)25-21(28)17-6-5-13-27(15-17)22(29)16-9-11-18(24)12-10-16/h4,7-12,14,17,26H,5-6,13,15H2,1-3H3,(H,25,28). The predicted octanol–water partition coefficient (Wildman–Crippen LogP) is 3.91. The van der Waals surface area contributed by atoms with Crippen LogP contribution in [0.3, 0.4) is 0 Å². The number of benzene rings is 2. The van der Waals surface area contributed by atoms with Gasteiger partial charge in [-0.25, -0.2) is 13.1 Å². The number of amides is 2. The second-order valence-electron chi connectivity index (χ2n) is 8.97. The van der Waals surface area contributed by atoms with Crippen LogP contribution in [0.2, 0.25) is 5.02 Å². The van der Waals surface area contributed by atoms with Crippen LogP contribution in [0.1, 0.15) is 44.0 Å². The third kappa shape index (κ3) is 6.31. The molecule has 172 valence electrons. The summed E-state index contributed by atoms with van der Waals surface area (Å²) < 4.78 is 27.8. The van der Waals surface area contributed by atoms with Crippen LogP contribution >= 0.6 is 11.6 Å². The molecule has 32 heavy (non-hydrogen) atoms. The fourth-order valence-electron chi connectivity index (χ4n) is 3.60. The van der Waals surface area contributed by atoms with Crippen LogP contribution in [0.15, 0.2) is 53.4 Å². The molecule has 2 amide bonds. The summed E-state index contributed by atoms with van der Waals surface area (Å²) in [6.45, 7) is 6.16. The lowest BCUT2D eigenvalue weighted by molar-refractivity contribution is -0.121. The quantitative estimate of drug-likeness (QED) is 0.682. The molecule has 1 heterocycles. The lowest BCUT2D eigenvalue weighted by Gasteiger charge is -2.32. The molecule has 7 nitrogen and oxygen atoms in total. The number of likely N-dealkylation sites (tertiary alicyclic amines) is 1. The monoisotopic (exact) mass is 477 g/mol. The summed E-state index contributed by atoms with van der Waals surface area (Å²) in [5.41, 5.74) is 0.299. The van der Waals surface area contributed by atoms with E-state index >= 15 is 0 Å². The third-order valence-corrected chi connectivity index (χ3v) is 7.03. The number of nitrogens with zero attached hydrogens (tertiary/aromatic N) is 1. The van der Waals surface area contributed by atoms with Crippen LogP contribution < -0.4 is 10.0 Å². The minimum atomic E-state index is -3.72. The zero-order valence-electron chi connectivity index (χ0n) is 18.4. The van der Waals surface area contributed by atoms with E-state index in [1.165, 1.54) is 12.1 Å². The minimum absolute atomic E-state index is 0.0772. The molecule has 0 saturated carbocycles. The molecule has 2 aromatic carbocycles. The Hall–Kier alpha value is -2.42. The number of carbonyl (C=O) groups excluding carboxylic acids is 2. The molecule has 0 radical (unpaired) electrons. The summed E-state index contributed by atoms with van der Waals surface area (Å²) in [5.74, 6) is -0.759. The smallest absolute Gasteiger partial charge is 0.253 e. The fourth-order valence-corrected chi connectivity index (χ4v) is 5.19. The largest absolute Gasteiger partial charge is 0.338 e. The van der Waals surface area contributed by atoms with Crippen LogP contribution in [0.4, 0.5) is 5.69 Å². The summed E-state index contributed by atoms with van der Waals surface area (Å²) in [7, 11) is -3.72. The molecule has 0 aliphatic carbocycles. The van der Waals surface area contributed by atoms with Gasteiger partial charge in [0.25, 0.3) is 5.91 Å². The summed E-state index contributed by atoms with van der Waals surface area (Å²) >= 11 is 5.90. The average molecular weight is 478 g/mol. The van der Waals surface area contributed by atoms with Gasteiger partial charge in [-0.1, -0.05) is 17.7 Å². The fraction of sp³-hybridized carbons (Fsp3) is 0.391. The second-order valence-corrected chi connectivity index (χ2v) is 11.1. The molecule has 1 saturated heterocycles. The first-order valence-corrected chi connectivity index (χ1v) is 12.3. The van der Waals surface area contributed by atoms with Crippen molar-refractivity contribution in [3.8, 4) is 0 Å². The van der Waals surface area contributed by atoms with Gasteiger partial charge in [-0.2, -0.15) is 0 Å². The lowest BCUT2D eigenvalue weighted by Crippen LogP contribution is -2.43. The maximum atomic E-state index is 12.9. The number of anilines is 1. The van der Waals surface area contributed by atoms with Crippen LogP contribution in [0, 0.1) is 5.92 Å². The Kier molecular flexibility index (Phi) is 7.27. The van der Waals surface area contributed by atoms with Crippen molar-refractivity contribution >= 4 is 39.1 Å². The van der Waals surface area contributed by atoms with Crippen molar-refractivity contribution < 1.29 is 18.0 Å². The van der Waals surface area contributed by atoms with Crippen molar-refractivity contribution in [2.75, 3.05) is 18.4 Å². The van der Waals surface area contributed by atoms with Crippen molar-refractivity contribution in [1.29, 1.82) is 0 Å². The normalized spacial score (nSPS) is 17.1. The SMILES string of the molecule is CC(C)(C)NS(=O)(=O)c1cccc(NC(=O)C2CCCN(C(=O)c3ccc(Cl)cc3)C2)c1. The van der Waals surface area contributed by atoms with Gasteiger partial charge in [0.15, 0.2) is 0 Å². The molecule has 1 unspecified atom stereocenters. The molecule has 1 aliphatic rings. The highest BCUT2D eigenvalue weighted by atomic mass is 35.5. The Balaban J connectivity index is 1.68. The molecule has 0 bridgehead atoms. The number of nitrogens with one attached hydrogen (secondary N) is 2. The van der Waals surface area contributed by atoms with E-state index in [2.05, 4.69) is 10.0 Å². The zero-order chi connectivity index (χ0) is 23.5. The summed E-state index contributed by atoms with van der Waals surface area (Å²) in [6, 6.07) is 12.8. The van der Waals surface area contributed by atoms with Gasteiger partial charge in [-0.15, -0.1) is 0 Å². The Bertz CT molecular complexity index is 1090. The number of carbonyl (C=O) groups is 2. The maximum absolute atomic E-state index is 12.9. The molecule has 2 aromatic rings. The summed E-state index contributed by atoms with van der Waals surface area (Å²) in [6.07, 6.45) is 1.36. The maximum Gasteiger partial charge on any atom is 0.253 e. The van der Waals surface area contributed by atoms with E-state index < -0.39 is 15.6 Å². The van der Waals surface area contributed by atoms with E-state index in [9.17, 15) is 18.0 Å². The first-order chi connectivity index (χ1) is 14.9. The summed E-state index contributed by atoms with van der Waals surface area (Å²) in [4.78, 5) is 27.4. The van der Waals surface area contributed by atoms with Gasteiger partial charge in [-0.05, 0) is 76.1 Å². The van der Waals surface area contributed by atoms with Crippen molar-refractivity contribution in [3.63, 3.8) is 0 Å². The van der Waals surface area contributed by atoms with E-state index in [0.29, 0.717) is 42.2 Å². The Morgan fingerprint density at radius 1 is 1.09 bits per heavy atom. The van der Waals surface area contributed by atoms with Crippen molar-refractivity contribution in [2.24, 2.45) is 5.92 Å². The molecule has 1 atom stereocenters. The molecule has 0 aromatic heterocycles. The van der Waals surface area contributed by atoms with Gasteiger partial charge in [-0.3, -0.25) is 9.59 Å². The van der Waals surface area contributed by atoms with E-state index in [-0.39, 0.29) is 22.6 Å². The number of piperidine rings is 1. The van der Waals surface area contributed by atoms with Gasteiger partial charge in [0.1, 0.15) is 0 Å². The first kappa shape index (κ1) is 24.2. The van der Waals surface area contributed by atoms with Gasteiger partial charge in [0, 0.05) is 34.9 Å². The van der Waals surface area contributed by atoms with Gasteiger partial charge in [0.2, 0.25) is 15.9 Å². The second kappa shape index (κ2) is 9.60. The van der Waals surface area contributed by atoms with Crippen LogP contribution in [0.5, 0.6) is 0 Å². The predicted molar refractivity (Wildman–Crippen MR) is 125 cm³/mol. The van der Waals surface area contributed by atoms with Gasteiger partial charge in [0.05, 0.1) is 10.8 Å². The van der Waals surface area contributed by atoms with E-state index in [4.69, 9.17) is 11.6 Å². The Morgan fingerprint density at radius 3 is 2.44 bits per heavy atom. The van der Waals surface area contributed by atoms with Crippen molar-refractivity contribution in [2.45, 2.75) is 44.0 Å². The first-order valence-electron chi connectivity index (χ1n) is 10.4. The van der Waals surface area contributed by atoms with Crippen LogP contribution in [-0.4, -0.2) is 43.8 Å². The number of hydrogen-bond acceptors (Lipinski definition) is 4. The van der Waals surface area contributed by atoms with Crippen molar-refractivity contribution in [3.05, 3.63) is 59.1 Å². The number of rotatable bonds is 5. The number of halogens is 1. The highest BCUT2D eigenvalue weighted by Crippen LogP contribution is 2.23. The lowest BCUT2D eigenvalue weighted by atomic mass is 9.96. The van der Waals surface area contributed by atoms with E-state index in [1.54, 1.807) is 62.1 Å². The molecule has 9 heteroatoms. The van der Waals surface area contributed by atoms with E-state index in [0.717, 1.165) is 0 Å². The molecule has 0 spiro atoms. The minimum Gasteiger partial charge on any atom is -0.338 e. The highest BCUT2D eigenvalue weighted by molar-refractivity contribution is 7.89. The molecule has 3 rings (SSSR count). The van der Waals surface area contributed by atoms with E-state index in [1.807, 2.05) is 0 Å². The van der Waals surface area contributed by atoms with Crippen LogP contribution in [0.25, 0.3) is 0 Å². The number of hydrogen-bond donors (Lipinski definition) is 2. The molecule has 1 aliphatic heterocycles. The highest BCUT2D eigenvalue weighted by Gasteiger charge is 2.29. The topological polar surface area (TPSA) is 95.6 Å². The summed E-state index contributed by atoms with van der Waals surface area (Å²) in [5, 5.41) is 3.36. The van der Waals surface area contributed by atoms with Crippen molar-refractivity contribution in [1.82, 2.24) is 9.62 Å². The Morgan fingerprint density at radius 2 is 1.78 bits per heavy atom. The zero-order valence-corrected chi connectivity index (χ0v) is 20.0. The third-order valence-electron chi connectivity index (χ3n) is 5.02. The molecular weight excluding hydrogens is 450 g/mol.